The molecule has 5 heteroatoms. The SMILES string of the molecule is CCC(CO)N1CCN(C(=O)c2cc3ccccc3n2CC)CC1. The van der Waals surface area contributed by atoms with E-state index in [9.17, 15) is 9.90 Å². The molecule has 1 saturated heterocycles. The van der Waals surface area contributed by atoms with Gasteiger partial charge in [0, 0.05) is 49.7 Å². The molecule has 3 rings (SSSR count). The van der Waals surface area contributed by atoms with Gasteiger partial charge in [-0.25, -0.2) is 0 Å². The Morgan fingerprint density at radius 2 is 1.88 bits per heavy atom. The molecule has 24 heavy (non-hydrogen) atoms. The number of fused-ring (bicyclic) bond motifs is 1. The molecule has 130 valence electrons. The molecule has 1 aromatic heterocycles. The number of benzene rings is 1. The van der Waals surface area contributed by atoms with Gasteiger partial charge in [0.2, 0.25) is 0 Å². The van der Waals surface area contributed by atoms with Crippen LogP contribution in [0.1, 0.15) is 30.8 Å². The summed E-state index contributed by atoms with van der Waals surface area (Å²) in [4.78, 5) is 17.2. The third kappa shape index (κ3) is 3.06. The topological polar surface area (TPSA) is 48.7 Å². The summed E-state index contributed by atoms with van der Waals surface area (Å²) >= 11 is 0. The minimum absolute atomic E-state index is 0.116. The molecule has 1 atom stereocenters. The maximum atomic E-state index is 13.0. The summed E-state index contributed by atoms with van der Waals surface area (Å²) in [5.74, 6) is 0.116. The molecule has 0 aliphatic carbocycles. The lowest BCUT2D eigenvalue weighted by atomic mass is 10.1. The Balaban J connectivity index is 1.76. The fourth-order valence-electron chi connectivity index (χ4n) is 3.68. The Morgan fingerprint density at radius 3 is 2.50 bits per heavy atom. The molecule has 0 bridgehead atoms. The van der Waals surface area contributed by atoms with Gasteiger partial charge in [-0.3, -0.25) is 9.69 Å². The first kappa shape index (κ1) is 17.0. The Labute approximate surface area is 143 Å². The first-order chi connectivity index (χ1) is 11.7. The second-order valence-corrected chi connectivity index (χ2v) is 6.41. The zero-order valence-electron chi connectivity index (χ0n) is 14.6. The number of piperazine rings is 1. The Morgan fingerprint density at radius 1 is 1.17 bits per heavy atom. The van der Waals surface area contributed by atoms with Gasteiger partial charge in [0.15, 0.2) is 0 Å². The van der Waals surface area contributed by atoms with Gasteiger partial charge in [-0.1, -0.05) is 25.1 Å². The van der Waals surface area contributed by atoms with Crippen LogP contribution in [0.15, 0.2) is 30.3 Å². The highest BCUT2D eigenvalue weighted by Gasteiger charge is 2.27. The number of nitrogens with zero attached hydrogens (tertiary/aromatic N) is 3. The van der Waals surface area contributed by atoms with E-state index in [0.29, 0.717) is 0 Å². The number of aliphatic hydroxyl groups excluding tert-OH is 1. The molecule has 5 nitrogen and oxygen atoms in total. The summed E-state index contributed by atoms with van der Waals surface area (Å²) in [5.41, 5.74) is 1.90. The summed E-state index contributed by atoms with van der Waals surface area (Å²) in [6, 6.07) is 10.4. The van der Waals surface area contributed by atoms with E-state index >= 15 is 0 Å². The molecule has 1 fully saturated rings. The van der Waals surface area contributed by atoms with Crippen LogP contribution in [-0.2, 0) is 6.54 Å². The average Bonchev–Trinajstić information content (AvgIpc) is 3.01. The monoisotopic (exact) mass is 329 g/mol. The fourth-order valence-corrected chi connectivity index (χ4v) is 3.68. The number of aromatic nitrogens is 1. The normalized spacial score (nSPS) is 17.4. The van der Waals surface area contributed by atoms with Crippen molar-refractivity contribution in [1.29, 1.82) is 0 Å². The van der Waals surface area contributed by atoms with Crippen LogP contribution in [0.25, 0.3) is 10.9 Å². The highest BCUT2D eigenvalue weighted by molar-refractivity contribution is 5.98. The van der Waals surface area contributed by atoms with Gasteiger partial charge in [0.25, 0.3) is 5.91 Å². The Kier molecular flexibility index (Phi) is 5.21. The van der Waals surface area contributed by atoms with Gasteiger partial charge in [-0.15, -0.1) is 0 Å². The number of rotatable bonds is 5. The van der Waals surface area contributed by atoms with Crippen molar-refractivity contribution in [1.82, 2.24) is 14.4 Å². The molecule has 1 aliphatic rings. The molecular formula is C19H27N3O2. The molecule has 1 unspecified atom stereocenters. The summed E-state index contributed by atoms with van der Waals surface area (Å²) in [6.07, 6.45) is 0.939. The quantitative estimate of drug-likeness (QED) is 0.915. The van der Waals surface area contributed by atoms with Crippen molar-refractivity contribution in [3.8, 4) is 0 Å². The summed E-state index contributed by atoms with van der Waals surface area (Å²) in [6.45, 7) is 8.26. The van der Waals surface area contributed by atoms with E-state index in [4.69, 9.17) is 0 Å². The van der Waals surface area contributed by atoms with E-state index in [1.807, 2.05) is 23.1 Å². The smallest absolute Gasteiger partial charge is 0.270 e. The van der Waals surface area contributed by atoms with Crippen molar-refractivity contribution in [2.24, 2.45) is 0 Å². The fraction of sp³-hybridized carbons (Fsp3) is 0.526. The molecular weight excluding hydrogens is 302 g/mol. The van der Waals surface area contributed by atoms with Crippen molar-refractivity contribution in [3.05, 3.63) is 36.0 Å². The lowest BCUT2D eigenvalue weighted by molar-refractivity contribution is 0.0465. The molecule has 0 spiro atoms. The lowest BCUT2D eigenvalue weighted by Gasteiger charge is -2.38. The summed E-state index contributed by atoms with van der Waals surface area (Å²) in [5, 5.41) is 10.6. The number of para-hydroxylation sites is 1. The van der Waals surface area contributed by atoms with Gasteiger partial charge in [0.1, 0.15) is 5.69 Å². The molecule has 2 heterocycles. The molecule has 1 amide bonds. The van der Waals surface area contributed by atoms with Gasteiger partial charge in [0.05, 0.1) is 6.61 Å². The summed E-state index contributed by atoms with van der Waals surface area (Å²) in [7, 11) is 0. The number of aliphatic hydroxyl groups is 1. The first-order valence-corrected chi connectivity index (χ1v) is 8.92. The molecule has 1 aliphatic heterocycles. The number of carbonyl (C=O) groups excluding carboxylic acids is 1. The van der Waals surface area contributed by atoms with E-state index in [1.54, 1.807) is 0 Å². The van der Waals surface area contributed by atoms with E-state index in [2.05, 4.69) is 35.4 Å². The maximum absolute atomic E-state index is 13.0. The minimum Gasteiger partial charge on any atom is -0.395 e. The standard InChI is InChI=1S/C19H27N3O2/c1-3-16(14-23)20-9-11-21(12-10-20)19(24)18-13-15-7-5-6-8-17(15)22(18)4-2/h5-8,13,16,23H,3-4,9-12,14H2,1-2H3. The van der Waals surface area contributed by atoms with Crippen LogP contribution in [-0.4, -0.2) is 64.2 Å². The molecule has 1 N–H and O–H groups in total. The van der Waals surface area contributed by atoms with Crippen molar-refractivity contribution in [3.63, 3.8) is 0 Å². The zero-order chi connectivity index (χ0) is 17.1. The highest BCUT2D eigenvalue weighted by atomic mass is 16.3. The number of carbonyl (C=O) groups is 1. The van der Waals surface area contributed by atoms with Gasteiger partial charge < -0.3 is 14.6 Å². The zero-order valence-corrected chi connectivity index (χ0v) is 14.6. The lowest BCUT2D eigenvalue weighted by Crippen LogP contribution is -2.52. The van der Waals surface area contributed by atoms with Crippen molar-refractivity contribution < 1.29 is 9.90 Å². The molecule has 0 radical (unpaired) electrons. The molecule has 1 aromatic carbocycles. The van der Waals surface area contributed by atoms with Crippen molar-refractivity contribution >= 4 is 16.8 Å². The van der Waals surface area contributed by atoms with E-state index in [1.165, 1.54) is 0 Å². The molecule has 0 saturated carbocycles. The Bertz CT molecular complexity index is 698. The molecule has 2 aromatic rings. The maximum Gasteiger partial charge on any atom is 0.270 e. The average molecular weight is 329 g/mol. The van der Waals surface area contributed by atoms with Gasteiger partial charge in [-0.05, 0) is 25.5 Å². The van der Waals surface area contributed by atoms with E-state index in [-0.39, 0.29) is 18.6 Å². The number of hydrogen-bond acceptors (Lipinski definition) is 3. The number of amides is 1. The van der Waals surface area contributed by atoms with Crippen molar-refractivity contribution in [2.75, 3.05) is 32.8 Å². The number of hydrogen-bond donors (Lipinski definition) is 1. The summed E-state index contributed by atoms with van der Waals surface area (Å²) < 4.78 is 2.10. The van der Waals surface area contributed by atoms with Crippen LogP contribution < -0.4 is 0 Å². The van der Waals surface area contributed by atoms with Crippen LogP contribution in [0.4, 0.5) is 0 Å². The second kappa shape index (κ2) is 7.36. The van der Waals surface area contributed by atoms with Crippen LogP contribution in [0.3, 0.4) is 0 Å². The van der Waals surface area contributed by atoms with E-state index in [0.717, 1.165) is 55.7 Å². The predicted octanol–water partition coefficient (Wildman–Crippen LogP) is 2.19. The third-order valence-corrected chi connectivity index (χ3v) is 5.15. The van der Waals surface area contributed by atoms with Crippen LogP contribution in [0.5, 0.6) is 0 Å². The van der Waals surface area contributed by atoms with Crippen molar-refractivity contribution in [2.45, 2.75) is 32.9 Å². The third-order valence-electron chi connectivity index (χ3n) is 5.15. The number of aryl methyl sites for hydroxylation is 1. The minimum atomic E-state index is 0.116. The van der Waals surface area contributed by atoms with Crippen LogP contribution >= 0.6 is 0 Å². The first-order valence-electron chi connectivity index (χ1n) is 8.92. The van der Waals surface area contributed by atoms with Crippen LogP contribution in [0, 0.1) is 0 Å². The van der Waals surface area contributed by atoms with Gasteiger partial charge in [-0.2, -0.15) is 0 Å². The largest absolute Gasteiger partial charge is 0.395 e. The van der Waals surface area contributed by atoms with E-state index < -0.39 is 0 Å². The van der Waals surface area contributed by atoms with Crippen LogP contribution in [0.2, 0.25) is 0 Å². The highest BCUT2D eigenvalue weighted by Crippen LogP contribution is 2.22. The second-order valence-electron chi connectivity index (χ2n) is 6.41. The van der Waals surface area contributed by atoms with Gasteiger partial charge >= 0.3 is 0 Å². The predicted molar refractivity (Wildman–Crippen MR) is 96.3 cm³/mol. The Hall–Kier alpha value is -1.85.